The summed E-state index contributed by atoms with van der Waals surface area (Å²) in [5.74, 6) is 11.1. The third-order valence-corrected chi connectivity index (χ3v) is 1.45. The Balaban J connectivity index is 0.00000144. The van der Waals surface area contributed by atoms with Gasteiger partial charge < -0.3 is 0 Å². The summed E-state index contributed by atoms with van der Waals surface area (Å²) in [6.45, 7) is 3.84. The topological polar surface area (TPSA) is 0 Å². The number of benzene rings is 1. The Labute approximate surface area is 75.1 Å². The highest BCUT2D eigenvalue weighted by atomic mass is 13.9. The van der Waals surface area contributed by atoms with Gasteiger partial charge in [0.15, 0.2) is 0 Å². The van der Waals surface area contributed by atoms with Gasteiger partial charge in [0.1, 0.15) is 0 Å². The zero-order chi connectivity index (χ0) is 8.81. The molecule has 0 spiro atoms. The van der Waals surface area contributed by atoms with Crippen LogP contribution in [-0.4, -0.2) is 0 Å². The molecule has 0 heteroatoms. The second-order valence-electron chi connectivity index (χ2n) is 2.49. The first-order valence-corrected chi connectivity index (χ1v) is 3.82. The van der Waals surface area contributed by atoms with Gasteiger partial charge >= 0.3 is 0 Å². The highest BCUT2D eigenvalue weighted by Crippen LogP contribution is 2.00. The summed E-state index contributed by atoms with van der Waals surface area (Å²) in [5, 5.41) is 0. The Morgan fingerprint density at radius 3 is 2.33 bits per heavy atom. The zero-order valence-corrected chi connectivity index (χ0v) is 7.31. The first-order chi connectivity index (χ1) is 5.83. The highest BCUT2D eigenvalue weighted by Gasteiger charge is 1.83. The summed E-state index contributed by atoms with van der Waals surface area (Å²) < 4.78 is 0. The predicted molar refractivity (Wildman–Crippen MR) is 53.6 cm³/mol. The van der Waals surface area contributed by atoms with E-state index < -0.39 is 0 Å². The molecular formula is C12H12. The van der Waals surface area contributed by atoms with Crippen LogP contribution < -0.4 is 0 Å². The maximum Gasteiger partial charge on any atom is 0.0255 e. The van der Waals surface area contributed by atoms with Gasteiger partial charge in [-0.2, -0.15) is 0 Å². The number of hydrogen-bond acceptors (Lipinski definition) is 0. The Morgan fingerprint density at radius 2 is 1.75 bits per heavy atom. The van der Waals surface area contributed by atoms with Crippen LogP contribution in [0.3, 0.4) is 0 Å². The van der Waals surface area contributed by atoms with Gasteiger partial charge in [-0.25, -0.2) is 0 Å². The van der Waals surface area contributed by atoms with Crippen LogP contribution in [0.2, 0.25) is 0 Å². The molecule has 0 radical (unpaired) electrons. The summed E-state index contributed by atoms with van der Waals surface area (Å²) in [5.41, 5.74) is 2.27. The van der Waals surface area contributed by atoms with E-state index in [9.17, 15) is 0 Å². The van der Waals surface area contributed by atoms with E-state index in [1.807, 2.05) is 24.3 Å². The molecule has 1 rings (SSSR count). The van der Waals surface area contributed by atoms with Gasteiger partial charge in [0.25, 0.3) is 0 Å². The number of hydrogen-bond donors (Lipinski definition) is 0. The van der Waals surface area contributed by atoms with Gasteiger partial charge in [-0.15, -0.1) is 0 Å². The summed E-state index contributed by atoms with van der Waals surface area (Å²) in [4.78, 5) is 0. The van der Waals surface area contributed by atoms with Crippen LogP contribution in [0.15, 0.2) is 24.3 Å². The van der Waals surface area contributed by atoms with Gasteiger partial charge in [0, 0.05) is 6.99 Å². The van der Waals surface area contributed by atoms with Gasteiger partial charge in [0.05, 0.1) is 0 Å². The molecule has 0 amide bonds. The minimum absolute atomic E-state index is 0. The maximum absolute atomic E-state index is 2.95. The van der Waals surface area contributed by atoms with E-state index in [0.717, 1.165) is 5.56 Å². The van der Waals surface area contributed by atoms with Crippen LogP contribution in [0, 0.1) is 30.6 Å². The average molecular weight is 156 g/mol. The molecule has 1 aromatic rings. The third kappa shape index (κ3) is 2.52. The molecule has 0 heterocycles. The molecular weight excluding hydrogens is 144 g/mol. The number of rotatable bonds is 0. The van der Waals surface area contributed by atoms with Crippen LogP contribution in [0.25, 0.3) is 0 Å². The molecule has 60 valence electrons. The van der Waals surface area contributed by atoms with Crippen molar-refractivity contribution in [3.8, 4) is 23.7 Å². The van der Waals surface area contributed by atoms with Crippen molar-refractivity contribution in [3.05, 3.63) is 35.4 Å². The Bertz CT molecular complexity index is 366. The molecule has 0 aliphatic rings. The van der Waals surface area contributed by atoms with Gasteiger partial charge in [-0.05, 0) is 37.8 Å². The Kier molecular flexibility index (Phi) is 3.00. The molecule has 0 atom stereocenters. The number of aryl methyl sites for hydroxylation is 1. The summed E-state index contributed by atoms with van der Waals surface area (Å²) in [6, 6.07) is 8.09. The summed E-state index contributed by atoms with van der Waals surface area (Å²) >= 11 is 0. The average Bonchev–Trinajstić information content (AvgIpc) is 2.09. The van der Waals surface area contributed by atoms with Crippen LogP contribution in [0.5, 0.6) is 0 Å². The van der Waals surface area contributed by atoms with E-state index in [0.29, 0.717) is 0 Å². The largest absolute Gasteiger partial charge is 0.0925 e. The summed E-state index contributed by atoms with van der Waals surface area (Å²) in [6.07, 6.45) is 0. The molecule has 0 saturated carbocycles. The van der Waals surface area contributed by atoms with Crippen molar-refractivity contribution in [2.45, 2.75) is 13.8 Å². The molecule has 0 saturated heterocycles. The molecule has 0 unspecified atom stereocenters. The fraction of sp³-hybridized carbons (Fsp3) is 0.167. The maximum atomic E-state index is 2.95. The first kappa shape index (κ1) is 8.44. The molecule has 0 fully saturated rings. The lowest BCUT2D eigenvalue weighted by atomic mass is 10.2. The SMILES string of the molecule is CC#CC#Cc1ccc(C)cc1.[HH]. The first-order valence-electron chi connectivity index (χ1n) is 3.82. The third-order valence-electron chi connectivity index (χ3n) is 1.45. The lowest BCUT2D eigenvalue weighted by Crippen LogP contribution is -1.73. The van der Waals surface area contributed by atoms with Gasteiger partial charge in [-0.3, -0.25) is 0 Å². The van der Waals surface area contributed by atoms with E-state index in [4.69, 9.17) is 0 Å². The van der Waals surface area contributed by atoms with Crippen LogP contribution >= 0.6 is 0 Å². The Hall–Kier alpha value is -1.66. The normalized spacial score (nSPS) is 7.50. The zero-order valence-electron chi connectivity index (χ0n) is 7.31. The van der Waals surface area contributed by atoms with Crippen molar-refractivity contribution in [2.24, 2.45) is 0 Å². The molecule has 0 aromatic heterocycles. The standard InChI is InChI=1S/C12H10.H2/c1-3-4-5-6-12-9-7-11(2)8-10-12;/h7-10H,1-2H3;1H. The fourth-order valence-corrected chi connectivity index (χ4v) is 0.803. The van der Waals surface area contributed by atoms with E-state index in [1.165, 1.54) is 5.56 Å². The molecule has 0 nitrogen and oxygen atoms in total. The highest BCUT2D eigenvalue weighted by molar-refractivity contribution is 5.40. The van der Waals surface area contributed by atoms with Crippen LogP contribution in [0.4, 0.5) is 0 Å². The molecule has 0 aliphatic heterocycles. The van der Waals surface area contributed by atoms with Crippen molar-refractivity contribution in [1.82, 2.24) is 0 Å². The van der Waals surface area contributed by atoms with E-state index in [1.54, 1.807) is 6.92 Å². The minimum atomic E-state index is 0. The molecule has 12 heavy (non-hydrogen) atoms. The van der Waals surface area contributed by atoms with Gasteiger partial charge in [0.2, 0.25) is 0 Å². The molecule has 0 bridgehead atoms. The van der Waals surface area contributed by atoms with Crippen molar-refractivity contribution in [1.29, 1.82) is 0 Å². The van der Waals surface area contributed by atoms with Crippen LogP contribution in [-0.2, 0) is 0 Å². The van der Waals surface area contributed by atoms with Crippen molar-refractivity contribution in [2.75, 3.05) is 0 Å². The quantitative estimate of drug-likeness (QED) is 0.506. The predicted octanol–water partition coefficient (Wildman–Crippen LogP) is 2.62. The lowest BCUT2D eigenvalue weighted by Gasteiger charge is -1.89. The van der Waals surface area contributed by atoms with E-state index in [2.05, 4.69) is 30.6 Å². The van der Waals surface area contributed by atoms with Gasteiger partial charge in [-0.1, -0.05) is 29.5 Å². The van der Waals surface area contributed by atoms with Crippen LogP contribution in [0.1, 0.15) is 19.5 Å². The fourth-order valence-electron chi connectivity index (χ4n) is 0.803. The van der Waals surface area contributed by atoms with Crippen molar-refractivity contribution in [3.63, 3.8) is 0 Å². The monoisotopic (exact) mass is 156 g/mol. The summed E-state index contributed by atoms with van der Waals surface area (Å²) in [7, 11) is 0. The van der Waals surface area contributed by atoms with Crippen molar-refractivity contribution >= 4 is 0 Å². The molecule has 0 N–H and O–H groups in total. The molecule has 0 aliphatic carbocycles. The van der Waals surface area contributed by atoms with E-state index in [-0.39, 0.29) is 1.43 Å². The minimum Gasteiger partial charge on any atom is -0.0925 e. The second kappa shape index (κ2) is 4.27. The second-order valence-corrected chi connectivity index (χ2v) is 2.49. The molecule has 1 aromatic carbocycles. The lowest BCUT2D eigenvalue weighted by molar-refractivity contribution is 1.46. The Morgan fingerprint density at radius 1 is 1.08 bits per heavy atom. The van der Waals surface area contributed by atoms with E-state index >= 15 is 0 Å². The van der Waals surface area contributed by atoms with Crippen molar-refractivity contribution < 1.29 is 1.43 Å². The smallest absolute Gasteiger partial charge is 0.0255 e.